The van der Waals surface area contributed by atoms with Crippen molar-refractivity contribution in [1.29, 1.82) is 0 Å². The molecule has 2 aromatic heterocycles. The van der Waals surface area contributed by atoms with Gasteiger partial charge in [-0.15, -0.1) is 11.3 Å². The molecule has 68 valence electrons. The van der Waals surface area contributed by atoms with Gasteiger partial charge in [0.1, 0.15) is 0 Å². The Morgan fingerprint density at radius 1 is 1.62 bits per heavy atom. The van der Waals surface area contributed by atoms with Crippen LogP contribution < -0.4 is 0 Å². The van der Waals surface area contributed by atoms with Crippen molar-refractivity contribution in [3.8, 4) is 0 Å². The van der Waals surface area contributed by atoms with E-state index in [4.69, 9.17) is 11.6 Å². The van der Waals surface area contributed by atoms with Crippen LogP contribution in [0.2, 0.25) is 4.47 Å². The molecule has 0 bridgehead atoms. The molecule has 2 heterocycles. The van der Waals surface area contributed by atoms with Gasteiger partial charge in [-0.1, -0.05) is 11.6 Å². The summed E-state index contributed by atoms with van der Waals surface area (Å²) in [6.45, 7) is 2.78. The van der Waals surface area contributed by atoms with Crippen molar-refractivity contribution in [3.05, 3.63) is 33.5 Å². The summed E-state index contributed by atoms with van der Waals surface area (Å²) in [6, 6.07) is 1.97. The van der Waals surface area contributed by atoms with Gasteiger partial charge in [0.15, 0.2) is 4.47 Å². The maximum Gasteiger partial charge on any atom is 0.183 e. The first-order valence-electron chi connectivity index (χ1n) is 3.84. The van der Waals surface area contributed by atoms with Crippen LogP contribution in [0.15, 0.2) is 18.5 Å². The molecule has 0 fully saturated rings. The summed E-state index contributed by atoms with van der Waals surface area (Å²) in [7, 11) is 0. The molecule has 3 nitrogen and oxygen atoms in total. The normalized spacial score (nSPS) is 10.6. The molecular weight excluding hydrogens is 206 g/mol. The van der Waals surface area contributed by atoms with E-state index in [9.17, 15) is 0 Å². The zero-order chi connectivity index (χ0) is 9.26. The predicted molar refractivity (Wildman–Crippen MR) is 53.2 cm³/mol. The van der Waals surface area contributed by atoms with Crippen molar-refractivity contribution in [2.75, 3.05) is 0 Å². The van der Waals surface area contributed by atoms with Crippen LogP contribution in [0.25, 0.3) is 0 Å². The zero-order valence-corrected chi connectivity index (χ0v) is 8.64. The minimum Gasteiger partial charge on any atom is -0.265 e. The third-order valence-corrected chi connectivity index (χ3v) is 2.86. The third kappa shape index (κ3) is 1.89. The van der Waals surface area contributed by atoms with Gasteiger partial charge in [-0.3, -0.25) is 4.68 Å². The molecule has 0 N–H and O–H groups in total. The molecule has 0 unspecified atom stereocenters. The van der Waals surface area contributed by atoms with Crippen LogP contribution in [-0.4, -0.2) is 14.8 Å². The van der Waals surface area contributed by atoms with Gasteiger partial charge in [0.25, 0.3) is 0 Å². The molecule has 5 heteroatoms. The monoisotopic (exact) mass is 213 g/mol. The highest BCUT2D eigenvalue weighted by molar-refractivity contribution is 7.15. The molecule has 0 atom stereocenters. The molecule has 0 saturated carbocycles. The number of rotatable bonds is 2. The second-order valence-electron chi connectivity index (χ2n) is 2.71. The fourth-order valence-corrected chi connectivity index (χ4v) is 2.03. The van der Waals surface area contributed by atoms with E-state index in [1.54, 1.807) is 12.4 Å². The average Bonchev–Trinajstić information content (AvgIpc) is 2.64. The summed E-state index contributed by atoms with van der Waals surface area (Å²) in [5.74, 6) is 0. The highest BCUT2D eigenvalue weighted by Gasteiger charge is 2.02. The quantitative estimate of drug-likeness (QED) is 0.767. The third-order valence-electron chi connectivity index (χ3n) is 1.76. The van der Waals surface area contributed by atoms with E-state index in [0.29, 0.717) is 4.47 Å². The van der Waals surface area contributed by atoms with Gasteiger partial charge in [0.05, 0.1) is 6.54 Å². The standard InChI is InChI=1S/C8H8ClN3S/c1-6-2-3-11-12(6)5-7-4-10-8(9)13-7/h2-4H,5H2,1H3. The van der Waals surface area contributed by atoms with Crippen LogP contribution in [-0.2, 0) is 6.54 Å². The van der Waals surface area contributed by atoms with Crippen LogP contribution in [0.3, 0.4) is 0 Å². The Kier molecular flexibility index (Phi) is 2.33. The predicted octanol–water partition coefficient (Wildman–Crippen LogP) is 2.35. The van der Waals surface area contributed by atoms with Crippen molar-refractivity contribution in [1.82, 2.24) is 14.8 Å². The summed E-state index contributed by atoms with van der Waals surface area (Å²) < 4.78 is 2.50. The molecule has 2 aromatic rings. The van der Waals surface area contributed by atoms with Crippen LogP contribution in [0, 0.1) is 6.92 Å². The summed E-state index contributed by atoms with van der Waals surface area (Å²) in [6.07, 6.45) is 3.58. The number of aryl methyl sites for hydroxylation is 1. The topological polar surface area (TPSA) is 30.7 Å². The van der Waals surface area contributed by atoms with E-state index in [1.807, 2.05) is 17.7 Å². The van der Waals surface area contributed by atoms with Gasteiger partial charge in [-0.25, -0.2) is 4.98 Å². The first kappa shape index (κ1) is 8.72. The van der Waals surface area contributed by atoms with Gasteiger partial charge in [-0.2, -0.15) is 5.10 Å². The summed E-state index contributed by atoms with van der Waals surface area (Å²) in [5, 5.41) is 4.17. The molecule has 0 saturated heterocycles. The van der Waals surface area contributed by atoms with Crippen molar-refractivity contribution in [3.63, 3.8) is 0 Å². The van der Waals surface area contributed by atoms with E-state index < -0.39 is 0 Å². The average molecular weight is 214 g/mol. The molecule has 0 aromatic carbocycles. The molecule has 0 radical (unpaired) electrons. The Morgan fingerprint density at radius 3 is 3.00 bits per heavy atom. The highest BCUT2D eigenvalue weighted by atomic mass is 35.5. The van der Waals surface area contributed by atoms with Crippen LogP contribution in [0.4, 0.5) is 0 Å². The second-order valence-corrected chi connectivity index (χ2v) is 4.41. The molecular formula is C8H8ClN3S. The lowest BCUT2D eigenvalue weighted by Gasteiger charge is -1.99. The lowest BCUT2D eigenvalue weighted by Crippen LogP contribution is -2.01. The first-order valence-corrected chi connectivity index (χ1v) is 5.04. The number of nitrogens with zero attached hydrogens (tertiary/aromatic N) is 3. The number of hydrogen-bond donors (Lipinski definition) is 0. The summed E-state index contributed by atoms with van der Waals surface area (Å²) in [5.41, 5.74) is 1.14. The lowest BCUT2D eigenvalue weighted by atomic mass is 10.4. The number of hydrogen-bond acceptors (Lipinski definition) is 3. The van der Waals surface area contributed by atoms with Crippen molar-refractivity contribution in [2.24, 2.45) is 0 Å². The van der Waals surface area contributed by atoms with Gasteiger partial charge in [-0.05, 0) is 13.0 Å². The Labute approximate surface area is 85.0 Å². The van der Waals surface area contributed by atoms with Crippen LogP contribution in [0.1, 0.15) is 10.6 Å². The molecule has 13 heavy (non-hydrogen) atoms. The van der Waals surface area contributed by atoms with Gasteiger partial charge < -0.3 is 0 Å². The Balaban J connectivity index is 2.19. The Bertz CT molecular complexity index is 407. The van der Waals surface area contributed by atoms with E-state index in [0.717, 1.165) is 17.1 Å². The van der Waals surface area contributed by atoms with Gasteiger partial charge in [0, 0.05) is 23.0 Å². The summed E-state index contributed by atoms with van der Waals surface area (Å²) in [4.78, 5) is 5.09. The van der Waals surface area contributed by atoms with Gasteiger partial charge >= 0.3 is 0 Å². The smallest absolute Gasteiger partial charge is 0.183 e. The van der Waals surface area contributed by atoms with E-state index in [2.05, 4.69) is 10.1 Å². The van der Waals surface area contributed by atoms with Crippen molar-refractivity contribution >= 4 is 22.9 Å². The molecule has 0 aliphatic carbocycles. The second kappa shape index (κ2) is 3.47. The number of thiazole rings is 1. The molecule has 0 aliphatic heterocycles. The zero-order valence-electron chi connectivity index (χ0n) is 7.07. The molecule has 0 aliphatic rings. The maximum atomic E-state index is 5.72. The van der Waals surface area contributed by atoms with Crippen LogP contribution in [0.5, 0.6) is 0 Å². The minimum absolute atomic E-state index is 0.583. The van der Waals surface area contributed by atoms with Crippen LogP contribution >= 0.6 is 22.9 Å². The number of aromatic nitrogens is 3. The van der Waals surface area contributed by atoms with Gasteiger partial charge in [0.2, 0.25) is 0 Å². The fraction of sp³-hybridized carbons (Fsp3) is 0.250. The lowest BCUT2D eigenvalue weighted by molar-refractivity contribution is 0.671. The first-order chi connectivity index (χ1) is 6.25. The maximum absolute atomic E-state index is 5.72. The molecule has 2 rings (SSSR count). The number of halogens is 1. The van der Waals surface area contributed by atoms with Crippen molar-refractivity contribution < 1.29 is 0 Å². The largest absolute Gasteiger partial charge is 0.265 e. The molecule has 0 spiro atoms. The van der Waals surface area contributed by atoms with Crippen molar-refractivity contribution in [2.45, 2.75) is 13.5 Å². The van der Waals surface area contributed by atoms with E-state index in [1.165, 1.54) is 11.3 Å². The molecule has 0 amide bonds. The fourth-order valence-electron chi connectivity index (χ4n) is 1.07. The minimum atomic E-state index is 0.583. The highest BCUT2D eigenvalue weighted by Crippen LogP contribution is 2.18. The Hall–Kier alpha value is -0.870. The van der Waals surface area contributed by atoms with E-state index in [-0.39, 0.29) is 0 Å². The SMILES string of the molecule is Cc1ccnn1Cc1cnc(Cl)s1. The summed E-state index contributed by atoms with van der Waals surface area (Å²) >= 11 is 7.21. The Morgan fingerprint density at radius 2 is 2.46 bits per heavy atom. The van der Waals surface area contributed by atoms with E-state index >= 15 is 0 Å².